The first-order valence-electron chi connectivity index (χ1n) is 9.33. The summed E-state index contributed by atoms with van der Waals surface area (Å²) in [7, 11) is 0. The average Bonchev–Trinajstić information content (AvgIpc) is 3.40. The highest BCUT2D eigenvalue weighted by Crippen LogP contribution is 2.24. The number of aromatic nitrogens is 3. The lowest BCUT2D eigenvalue weighted by Gasteiger charge is -2.07. The van der Waals surface area contributed by atoms with Crippen LogP contribution in [0.25, 0.3) is 11.0 Å². The summed E-state index contributed by atoms with van der Waals surface area (Å²) in [6, 6.07) is 7.99. The molecule has 4 N–H and O–H groups in total. The van der Waals surface area contributed by atoms with E-state index in [1.807, 2.05) is 0 Å². The number of anilines is 1. The largest absolute Gasteiger partial charge is 0.477 e. The van der Waals surface area contributed by atoms with Gasteiger partial charge in [0.05, 0.1) is 11.2 Å². The molecule has 1 aromatic carbocycles. The van der Waals surface area contributed by atoms with Gasteiger partial charge in [0.1, 0.15) is 22.5 Å². The van der Waals surface area contributed by atoms with Gasteiger partial charge in [-0.15, -0.1) is 11.3 Å². The van der Waals surface area contributed by atoms with Crippen molar-refractivity contribution in [2.45, 2.75) is 20.0 Å². The maximum atomic E-state index is 13.4. The van der Waals surface area contributed by atoms with Crippen LogP contribution in [0.3, 0.4) is 0 Å². The highest BCUT2D eigenvalue weighted by atomic mass is 32.1. The first kappa shape index (κ1) is 20.5. The minimum atomic E-state index is -0.956. The van der Waals surface area contributed by atoms with Crippen LogP contribution in [0.1, 0.15) is 36.2 Å². The highest BCUT2D eigenvalue weighted by molar-refractivity contribution is 7.13. The zero-order chi connectivity index (χ0) is 22.0. The molecule has 8 nitrogen and oxygen atoms in total. The fraction of sp³-hybridized carbons (Fsp3) is 0.143. The molecule has 4 rings (SSSR count). The molecule has 0 aliphatic carbocycles. The van der Waals surface area contributed by atoms with Gasteiger partial charge in [-0.25, -0.2) is 19.2 Å². The lowest BCUT2D eigenvalue weighted by atomic mass is 10.1. The maximum absolute atomic E-state index is 13.4. The van der Waals surface area contributed by atoms with Gasteiger partial charge in [-0.1, -0.05) is 12.1 Å². The minimum absolute atomic E-state index is 0.196. The fourth-order valence-electron chi connectivity index (χ4n) is 3.10. The predicted molar refractivity (Wildman–Crippen MR) is 115 cm³/mol. The molecule has 0 aliphatic rings. The molecule has 0 saturated heterocycles. The Bertz CT molecular complexity index is 1280. The number of rotatable bonds is 7. The normalized spacial score (nSPS) is 10.9. The minimum Gasteiger partial charge on any atom is -0.477 e. The van der Waals surface area contributed by atoms with Crippen LogP contribution in [0.15, 0.2) is 42.9 Å². The Morgan fingerprint density at radius 1 is 1.19 bits per heavy atom. The zero-order valence-electron chi connectivity index (χ0n) is 16.4. The molecule has 0 aliphatic heterocycles. The summed E-state index contributed by atoms with van der Waals surface area (Å²) in [5.41, 5.74) is 3.19. The van der Waals surface area contributed by atoms with Gasteiger partial charge >= 0.3 is 5.97 Å². The number of thiophene rings is 1. The van der Waals surface area contributed by atoms with Gasteiger partial charge in [0, 0.05) is 24.2 Å². The van der Waals surface area contributed by atoms with E-state index in [1.165, 1.54) is 23.7 Å². The van der Waals surface area contributed by atoms with Crippen molar-refractivity contribution in [3.05, 3.63) is 75.2 Å². The van der Waals surface area contributed by atoms with Crippen molar-refractivity contribution in [3.63, 3.8) is 0 Å². The summed E-state index contributed by atoms with van der Waals surface area (Å²) in [6.07, 6.45) is 3.00. The Morgan fingerprint density at radius 3 is 2.77 bits per heavy atom. The number of aromatic amines is 1. The Hall–Kier alpha value is -3.79. The van der Waals surface area contributed by atoms with Crippen molar-refractivity contribution in [2.75, 3.05) is 5.32 Å². The van der Waals surface area contributed by atoms with Crippen molar-refractivity contribution in [1.82, 2.24) is 20.3 Å². The van der Waals surface area contributed by atoms with Crippen LogP contribution in [0.2, 0.25) is 0 Å². The van der Waals surface area contributed by atoms with Crippen molar-refractivity contribution >= 4 is 39.9 Å². The van der Waals surface area contributed by atoms with Crippen LogP contribution in [0.5, 0.6) is 0 Å². The smallest absolute Gasteiger partial charge is 0.345 e. The second kappa shape index (κ2) is 8.52. The van der Waals surface area contributed by atoms with Crippen LogP contribution in [0.4, 0.5) is 10.1 Å². The van der Waals surface area contributed by atoms with Gasteiger partial charge in [0.2, 0.25) is 0 Å². The molecule has 31 heavy (non-hydrogen) atoms. The number of fused-ring (bicyclic) bond motifs is 1. The molecule has 3 aromatic heterocycles. The third-order valence-electron chi connectivity index (χ3n) is 4.68. The molecule has 0 bridgehead atoms. The van der Waals surface area contributed by atoms with Gasteiger partial charge in [0.25, 0.3) is 5.91 Å². The number of nitrogens with zero attached hydrogens (tertiary/aromatic N) is 2. The van der Waals surface area contributed by atoms with Crippen LogP contribution in [0, 0.1) is 12.7 Å². The maximum Gasteiger partial charge on any atom is 0.345 e. The molecule has 158 valence electrons. The van der Waals surface area contributed by atoms with Crippen LogP contribution in [-0.2, 0) is 13.1 Å². The molecule has 0 fully saturated rings. The quantitative estimate of drug-likeness (QED) is 0.348. The van der Waals surface area contributed by atoms with Gasteiger partial charge in [-0.3, -0.25) is 4.79 Å². The van der Waals surface area contributed by atoms with Crippen molar-refractivity contribution in [1.29, 1.82) is 0 Å². The first-order valence-corrected chi connectivity index (χ1v) is 10.1. The lowest BCUT2D eigenvalue weighted by Crippen LogP contribution is -2.24. The van der Waals surface area contributed by atoms with E-state index in [0.717, 1.165) is 10.4 Å². The van der Waals surface area contributed by atoms with Crippen molar-refractivity contribution < 1.29 is 19.1 Å². The Morgan fingerprint density at radius 2 is 2.03 bits per heavy atom. The summed E-state index contributed by atoms with van der Waals surface area (Å²) in [4.78, 5) is 36.2. The number of amides is 1. The van der Waals surface area contributed by atoms with E-state index in [4.69, 9.17) is 5.11 Å². The molecule has 0 spiro atoms. The number of hydrogen-bond acceptors (Lipinski definition) is 6. The number of halogens is 1. The molecule has 0 radical (unpaired) electrons. The molecule has 0 atom stereocenters. The van der Waals surface area contributed by atoms with Crippen molar-refractivity contribution in [3.8, 4) is 0 Å². The Kier molecular flexibility index (Phi) is 5.63. The number of benzene rings is 1. The number of carbonyl (C=O) groups is 2. The fourth-order valence-corrected chi connectivity index (χ4v) is 3.89. The Labute approximate surface area is 180 Å². The third kappa shape index (κ3) is 4.38. The number of carbonyl (C=O) groups excluding carboxylic acids is 1. The summed E-state index contributed by atoms with van der Waals surface area (Å²) >= 11 is 1.19. The Balaban J connectivity index is 1.47. The average molecular weight is 439 g/mol. The molecular formula is C21H18FN5O3S. The van der Waals surface area contributed by atoms with Gasteiger partial charge in [0.15, 0.2) is 5.69 Å². The number of H-pyrrole nitrogens is 1. The third-order valence-corrected chi connectivity index (χ3v) is 5.75. The van der Waals surface area contributed by atoms with Gasteiger partial charge < -0.3 is 20.7 Å². The van der Waals surface area contributed by atoms with E-state index in [0.29, 0.717) is 28.8 Å². The van der Waals surface area contributed by atoms with E-state index in [1.54, 1.807) is 37.4 Å². The summed E-state index contributed by atoms with van der Waals surface area (Å²) in [5, 5.41) is 15.0. The first-order chi connectivity index (χ1) is 14.9. The van der Waals surface area contributed by atoms with Crippen LogP contribution in [-0.4, -0.2) is 31.9 Å². The topological polar surface area (TPSA) is 120 Å². The molecule has 1 amide bonds. The SMILES string of the molecule is Cc1cc(CNC(=O)c2ncnc3c(NCc4ccc(C(=O)O)s4)c[nH]c23)ccc1F. The second-order valence-electron chi connectivity index (χ2n) is 6.84. The number of carboxylic acids is 1. The lowest BCUT2D eigenvalue weighted by molar-refractivity contribution is 0.0702. The second-order valence-corrected chi connectivity index (χ2v) is 8.01. The number of aromatic carboxylic acids is 1. The predicted octanol–water partition coefficient (Wildman–Crippen LogP) is 3.71. The summed E-state index contributed by atoms with van der Waals surface area (Å²) in [6.45, 7) is 2.32. The molecular weight excluding hydrogens is 421 g/mol. The van der Waals surface area contributed by atoms with Crippen molar-refractivity contribution in [2.24, 2.45) is 0 Å². The standard InChI is InChI=1S/C21H18FN5O3S/c1-11-6-12(2-4-14(11)22)7-25-20(28)19-18-17(26-10-27-19)15(9-24-18)23-8-13-3-5-16(31-13)21(29)30/h2-6,9-10,23-24H,7-8H2,1H3,(H,25,28)(H,29,30). The summed E-state index contributed by atoms with van der Waals surface area (Å²) in [5.74, 6) is -1.63. The van der Waals surface area contributed by atoms with Gasteiger partial charge in [-0.05, 0) is 36.2 Å². The molecule has 10 heteroatoms. The number of nitrogens with one attached hydrogen (secondary N) is 3. The van der Waals surface area contributed by atoms with E-state index in [2.05, 4.69) is 25.6 Å². The van der Waals surface area contributed by atoms with Crippen LogP contribution >= 0.6 is 11.3 Å². The molecule has 4 aromatic rings. The number of carboxylic acid groups (broad SMARTS) is 1. The number of aryl methyl sites for hydroxylation is 1. The summed E-state index contributed by atoms with van der Waals surface area (Å²) < 4.78 is 13.4. The number of hydrogen-bond donors (Lipinski definition) is 4. The molecule has 3 heterocycles. The van der Waals surface area contributed by atoms with Crippen LogP contribution < -0.4 is 10.6 Å². The monoisotopic (exact) mass is 439 g/mol. The van der Waals surface area contributed by atoms with E-state index in [-0.39, 0.29) is 28.8 Å². The van der Waals surface area contributed by atoms with E-state index in [9.17, 15) is 14.0 Å². The molecule has 0 saturated carbocycles. The molecule has 0 unspecified atom stereocenters. The highest BCUT2D eigenvalue weighted by Gasteiger charge is 2.16. The van der Waals surface area contributed by atoms with E-state index < -0.39 is 5.97 Å². The van der Waals surface area contributed by atoms with Gasteiger partial charge in [-0.2, -0.15) is 0 Å². The zero-order valence-corrected chi connectivity index (χ0v) is 17.2. The van der Waals surface area contributed by atoms with E-state index >= 15 is 0 Å².